The van der Waals surface area contributed by atoms with Crippen LogP contribution in [0.2, 0.25) is 0 Å². The van der Waals surface area contributed by atoms with Gasteiger partial charge < -0.3 is 4.90 Å². The number of carbonyl (C=O) groups excluding carboxylic acids is 1. The summed E-state index contributed by atoms with van der Waals surface area (Å²) in [5, 5.41) is 10.9. The Balaban J connectivity index is 1.34. The van der Waals surface area contributed by atoms with Crippen LogP contribution < -0.4 is 0 Å². The quantitative estimate of drug-likeness (QED) is 0.780. The average Bonchev–Trinajstić information content (AvgIpc) is 3.34. The normalized spacial score (nSPS) is 22.9. The third-order valence-electron chi connectivity index (χ3n) is 5.90. The van der Waals surface area contributed by atoms with E-state index in [1.807, 2.05) is 4.90 Å². The molecule has 2 fully saturated rings. The highest BCUT2D eigenvalue weighted by atomic mass is 19.2. The van der Waals surface area contributed by atoms with E-state index in [0.717, 1.165) is 51.5 Å². The molecule has 0 aliphatic carbocycles. The molecule has 0 bridgehead atoms. The summed E-state index contributed by atoms with van der Waals surface area (Å²) in [6.45, 7) is 4.02. The second-order valence-electron chi connectivity index (χ2n) is 7.92. The highest BCUT2D eigenvalue weighted by Crippen LogP contribution is 2.39. The van der Waals surface area contributed by atoms with Crippen LogP contribution in [0.3, 0.4) is 0 Å². The van der Waals surface area contributed by atoms with Gasteiger partial charge in [0.05, 0.1) is 6.54 Å². The summed E-state index contributed by atoms with van der Waals surface area (Å²) in [5.74, 6) is -1.45. The lowest BCUT2D eigenvalue weighted by atomic mass is 9.79. The van der Waals surface area contributed by atoms with Crippen LogP contribution >= 0.6 is 0 Å². The van der Waals surface area contributed by atoms with E-state index in [1.165, 1.54) is 6.33 Å². The second kappa shape index (κ2) is 7.90. The number of aromatic nitrogens is 4. The molecule has 7 nitrogen and oxygen atoms in total. The zero-order chi connectivity index (χ0) is 19.6. The number of likely N-dealkylation sites (tertiary alicyclic amines) is 2. The number of nitrogens with zero attached hydrogens (tertiary/aromatic N) is 6. The molecule has 1 amide bonds. The van der Waals surface area contributed by atoms with Gasteiger partial charge in [-0.1, -0.05) is 12.1 Å². The molecule has 1 atom stereocenters. The average molecular weight is 390 g/mol. The van der Waals surface area contributed by atoms with Crippen LogP contribution in [0.4, 0.5) is 8.78 Å². The van der Waals surface area contributed by atoms with E-state index in [-0.39, 0.29) is 11.3 Å². The number of tetrazole rings is 1. The maximum atomic E-state index is 14.0. The number of benzene rings is 1. The molecule has 2 aromatic rings. The van der Waals surface area contributed by atoms with Crippen molar-refractivity contribution in [1.29, 1.82) is 0 Å². The van der Waals surface area contributed by atoms with E-state index >= 15 is 0 Å². The predicted octanol–water partition coefficient (Wildman–Crippen LogP) is 1.86. The number of halogens is 2. The second-order valence-corrected chi connectivity index (χ2v) is 7.92. The minimum Gasteiger partial charge on any atom is -0.342 e. The minimum atomic E-state index is -0.801. The van der Waals surface area contributed by atoms with Crippen molar-refractivity contribution in [3.8, 4) is 0 Å². The highest BCUT2D eigenvalue weighted by molar-refractivity contribution is 5.76. The van der Waals surface area contributed by atoms with Gasteiger partial charge in [-0.15, -0.1) is 5.10 Å². The van der Waals surface area contributed by atoms with E-state index in [9.17, 15) is 13.6 Å². The summed E-state index contributed by atoms with van der Waals surface area (Å²) in [7, 11) is 0. The molecule has 1 unspecified atom stereocenters. The first-order chi connectivity index (χ1) is 13.5. The lowest BCUT2D eigenvalue weighted by Crippen LogP contribution is -2.45. The van der Waals surface area contributed by atoms with Crippen molar-refractivity contribution < 1.29 is 13.6 Å². The molecule has 0 N–H and O–H groups in total. The fourth-order valence-corrected chi connectivity index (χ4v) is 4.49. The van der Waals surface area contributed by atoms with E-state index in [4.69, 9.17) is 0 Å². The van der Waals surface area contributed by atoms with Crippen LogP contribution in [0.25, 0.3) is 0 Å². The lowest BCUT2D eigenvalue weighted by Gasteiger charge is -2.40. The predicted molar refractivity (Wildman–Crippen MR) is 96.9 cm³/mol. The van der Waals surface area contributed by atoms with Gasteiger partial charge in [0.1, 0.15) is 6.33 Å². The van der Waals surface area contributed by atoms with E-state index in [1.54, 1.807) is 16.8 Å². The maximum absolute atomic E-state index is 14.0. The summed E-state index contributed by atoms with van der Waals surface area (Å²) in [6, 6.07) is 4.34. The third-order valence-corrected chi connectivity index (χ3v) is 5.90. The molecule has 9 heteroatoms. The SMILES string of the molecule is O=C(CCn1cnnn1)N1CCC2(CCCN(Cc3cccc(F)c3F)C2)C1. The summed E-state index contributed by atoms with van der Waals surface area (Å²) in [4.78, 5) is 16.7. The topological polar surface area (TPSA) is 67.2 Å². The molecular formula is C19H24F2N6O. The van der Waals surface area contributed by atoms with Gasteiger partial charge in [0.25, 0.3) is 0 Å². The number of carbonyl (C=O) groups is 1. The number of hydrogen-bond donors (Lipinski definition) is 0. The van der Waals surface area contributed by atoms with Crippen LogP contribution in [0.1, 0.15) is 31.2 Å². The summed E-state index contributed by atoms with van der Waals surface area (Å²) in [6.07, 6.45) is 4.89. The largest absolute Gasteiger partial charge is 0.342 e. The summed E-state index contributed by atoms with van der Waals surface area (Å²) in [5.41, 5.74) is 0.441. The van der Waals surface area contributed by atoms with Gasteiger partial charge in [0.2, 0.25) is 5.91 Å². The molecule has 3 heterocycles. The van der Waals surface area contributed by atoms with Crippen molar-refractivity contribution >= 4 is 5.91 Å². The fourth-order valence-electron chi connectivity index (χ4n) is 4.49. The zero-order valence-electron chi connectivity index (χ0n) is 15.7. The molecule has 0 radical (unpaired) electrons. The van der Waals surface area contributed by atoms with E-state index in [2.05, 4.69) is 20.4 Å². The number of rotatable bonds is 5. The monoisotopic (exact) mass is 390 g/mol. The molecular weight excluding hydrogens is 366 g/mol. The molecule has 28 heavy (non-hydrogen) atoms. The van der Waals surface area contributed by atoms with Gasteiger partial charge in [-0.05, 0) is 42.3 Å². The van der Waals surface area contributed by atoms with Gasteiger partial charge in [0, 0.05) is 43.6 Å². The van der Waals surface area contributed by atoms with E-state index < -0.39 is 11.6 Å². The molecule has 1 aromatic carbocycles. The minimum absolute atomic E-state index is 0.0481. The van der Waals surface area contributed by atoms with Gasteiger partial charge in [0.15, 0.2) is 11.6 Å². The third kappa shape index (κ3) is 4.04. The number of piperidine rings is 1. The lowest BCUT2D eigenvalue weighted by molar-refractivity contribution is -0.131. The van der Waals surface area contributed by atoms with Gasteiger partial charge in [-0.25, -0.2) is 13.5 Å². The molecule has 2 saturated heterocycles. The Kier molecular flexibility index (Phi) is 5.34. The zero-order valence-corrected chi connectivity index (χ0v) is 15.7. The van der Waals surface area contributed by atoms with Crippen molar-refractivity contribution in [2.24, 2.45) is 5.41 Å². The van der Waals surface area contributed by atoms with Gasteiger partial charge in [-0.2, -0.15) is 0 Å². The molecule has 4 rings (SSSR count). The number of amides is 1. The highest BCUT2D eigenvalue weighted by Gasteiger charge is 2.42. The maximum Gasteiger partial charge on any atom is 0.224 e. The van der Waals surface area contributed by atoms with Crippen LogP contribution in [-0.4, -0.2) is 62.1 Å². The van der Waals surface area contributed by atoms with Crippen molar-refractivity contribution in [3.63, 3.8) is 0 Å². The number of hydrogen-bond acceptors (Lipinski definition) is 5. The van der Waals surface area contributed by atoms with Crippen molar-refractivity contribution in [3.05, 3.63) is 41.7 Å². The standard InChI is InChI=1S/C19H24F2N6O/c20-16-4-1-3-15(18(16)21)11-25-8-2-6-19(12-25)7-10-26(13-19)17(28)5-9-27-14-22-23-24-27/h1,3-4,14H,2,5-13H2. The Bertz CT molecular complexity index is 830. The summed E-state index contributed by atoms with van der Waals surface area (Å²) >= 11 is 0. The Hall–Kier alpha value is -2.42. The van der Waals surface area contributed by atoms with Crippen molar-refractivity contribution in [1.82, 2.24) is 30.0 Å². The fraction of sp³-hybridized carbons (Fsp3) is 0.579. The van der Waals surface area contributed by atoms with Crippen LogP contribution in [0.15, 0.2) is 24.5 Å². The first kappa shape index (κ1) is 18.9. The Morgan fingerprint density at radius 1 is 1.18 bits per heavy atom. The molecule has 150 valence electrons. The van der Waals surface area contributed by atoms with E-state index in [0.29, 0.717) is 25.1 Å². The first-order valence-electron chi connectivity index (χ1n) is 9.68. The molecule has 1 spiro atoms. The van der Waals surface area contributed by atoms with Crippen molar-refractivity contribution in [2.75, 3.05) is 26.2 Å². The molecule has 1 aromatic heterocycles. The summed E-state index contributed by atoms with van der Waals surface area (Å²) < 4.78 is 29.1. The van der Waals surface area contributed by atoms with Gasteiger partial charge >= 0.3 is 0 Å². The smallest absolute Gasteiger partial charge is 0.224 e. The molecule has 2 aliphatic rings. The number of aryl methyl sites for hydroxylation is 1. The first-order valence-corrected chi connectivity index (χ1v) is 9.68. The van der Waals surface area contributed by atoms with Gasteiger partial charge in [-0.3, -0.25) is 9.69 Å². The molecule has 2 aliphatic heterocycles. The Morgan fingerprint density at radius 2 is 2.07 bits per heavy atom. The van der Waals surface area contributed by atoms with Crippen molar-refractivity contribution in [2.45, 2.75) is 38.8 Å². The molecule has 0 saturated carbocycles. The Labute approximate surface area is 162 Å². The van der Waals surface area contributed by atoms with Crippen LogP contribution in [-0.2, 0) is 17.9 Å². The van der Waals surface area contributed by atoms with Crippen LogP contribution in [0.5, 0.6) is 0 Å². The van der Waals surface area contributed by atoms with Crippen LogP contribution in [0, 0.1) is 17.0 Å². The Morgan fingerprint density at radius 3 is 2.89 bits per heavy atom.